The summed E-state index contributed by atoms with van der Waals surface area (Å²) in [4.78, 5) is 6.21. The monoisotopic (exact) mass is 357 g/mol. The Hall–Kier alpha value is -1.08. The van der Waals surface area contributed by atoms with Crippen molar-refractivity contribution < 1.29 is 8.42 Å². The maximum absolute atomic E-state index is 12.1. The molecule has 1 unspecified atom stereocenters. The van der Waals surface area contributed by atoms with Crippen LogP contribution in [0.4, 0.5) is 5.69 Å². The quantitative estimate of drug-likeness (QED) is 0.826. The highest BCUT2D eigenvalue weighted by atomic mass is 79.9. The summed E-state index contributed by atoms with van der Waals surface area (Å²) in [7, 11) is -3.04. The van der Waals surface area contributed by atoms with E-state index in [0.29, 0.717) is 18.9 Å². The third kappa shape index (κ3) is 2.22. The van der Waals surface area contributed by atoms with Gasteiger partial charge in [0.05, 0.1) is 29.3 Å². The van der Waals surface area contributed by atoms with E-state index in [0.717, 1.165) is 16.6 Å². The number of guanidine groups is 1. The van der Waals surface area contributed by atoms with Crippen molar-refractivity contribution in [2.75, 3.05) is 23.0 Å². The first-order valence-electron chi connectivity index (χ1n) is 6.49. The highest BCUT2D eigenvalue weighted by molar-refractivity contribution is 9.10. The lowest BCUT2D eigenvalue weighted by Crippen LogP contribution is -2.58. The highest BCUT2D eigenvalue weighted by Crippen LogP contribution is 2.39. The van der Waals surface area contributed by atoms with E-state index in [-0.39, 0.29) is 11.5 Å². The number of nitrogens with two attached hydrogens (primary N) is 1. The SMILES string of the molecule is NC1=NCC2(CCCS(=O)(=O)C2)N1c1ccccc1Br. The molecule has 1 aromatic carbocycles. The van der Waals surface area contributed by atoms with Gasteiger partial charge < -0.3 is 10.6 Å². The van der Waals surface area contributed by atoms with Crippen LogP contribution in [-0.2, 0) is 9.84 Å². The molecule has 0 aliphatic carbocycles. The van der Waals surface area contributed by atoms with Crippen molar-refractivity contribution in [3.8, 4) is 0 Å². The molecule has 0 amide bonds. The number of hydrogen-bond acceptors (Lipinski definition) is 5. The largest absolute Gasteiger partial charge is 0.369 e. The summed E-state index contributed by atoms with van der Waals surface area (Å²) >= 11 is 3.51. The topological polar surface area (TPSA) is 75.8 Å². The summed E-state index contributed by atoms with van der Waals surface area (Å²) < 4.78 is 25.0. The number of sulfone groups is 1. The Kier molecular flexibility index (Phi) is 3.29. The highest BCUT2D eigenvalue weighted by Gasteiger charge is 2.48. The van der Waals surface area contributed by atoms with Crippen molar-refractivity contribution in [2.45, 2.75) is 18.4 Å². The van der Waals surface area contributed by atoms with Gasteiger partial charge in [-0.15, -0.1) is 0 Å². The van der Waals surface area contributed by atoms with Crippen LogP contribution in [0, 0.1) is 0 Å². The minimum atomic E-state index is -3.04. The Labute approximate surface area is 126 Å². The van der Waals surface area contributed by atoms with Crippen LogP contribution >= 0.6 is 15.9 Å². The standard InChI is InChI=1S/C13H16BrN3O2S/c14-10-4-1-2-5-11(10)17-12(15)16-8-13(17)6-3-7-20(18,19)9-13/h1-2,4-5H,3,6-9H2,(H2,15,16). The summed E-state index contributed by atoms with van der Waals surface area (Å²) in [6.07, 6.45) is 1.45. The fraction of sp³-hybridized carbons (Fsp3) is 0.462. The molecule has 2 aliphatic rings. The zero-order valence-electron chi connectivity index (χ0n) is 10.9. The van der Waals surface area contributed by atoms with Crippen molar-refractivity contribution in [3.63, 3.8) is 0 Å². The zero-order valence-corrected chi connectivity index (χ0v) is 13.3. The zero-order chi connectivity index (χ0) is 14.4. The van der Waals surface area contributed by atoms with E-state index in [4.69, 9.17) is 5.73 Å². The molecule has 20 heavy (non-hydrogen) atoms. The van der Waals surface area contributed by atoms with Crippen LogP contribution in [-0.4, -0.2) is 38.0 Å². The molecule has 1 spiro atoms. The van der Waals surface area contributed by atoms with Crippen LogP contribution < -0.4 is 10.6 Å². The van der Waals surface area contributed by atoms with Gasteiger partial charge in [0.1, 0.15) is 0 Å². The first-order chi connectivity index (χ1) is 9.44. The van der Waals surface area contributed by atoms with Crippen LogP contribution in [0.3, 0.4) is 0 Å². The van der Waals surface area contributed by atoms with Gasteiger partial charge in [-0.3, -0.25) is 4.99 Å². The second kappa shape index (κ2) is 4.73. The Balaban J connectivity index is 2.07. The molecule has 1 fully saturated rings. The van der Waals surface area contributed by atoms with Crippen LogP contribution in [0.1, 0.15) is 12.8 Å². The molecule has 2 aliphatic heterocycles. The normalized spacial score (nSPS) is 28.6. The van der Waals surface area contributed by atoms with Gasteiger partial charge in [-0.2, -0.15) is 0 Å². The van der Waals surface area contributed by atoms with E-state index in [1.807, 2.05) is 29.2 Å². The number of rotatable bonds is 1. The van der Waals surface area contributed by atoms with Gasteiger partial charge in [-0.25, -0.2) is 8.42 Å². The van der Waals surface area contributed by atoms with Gasteiger partial charge >= 0.3 is 0 Å². The van der Waals surface area contributed by atoms with E-state index in [2.05, 4.69) is 20.9 Å². The predicted octanol–water partition coefficient (Wildman–Crippen LogP) is 1.53. The predicted molar refractivity (Wildman–Crippen MR) is 83.7 cm³/mol. The van der Waals surface area contributed by atoms with E-state index in [1.165, 1.54) is 0 Å². The van der Waals surface area contributed by atoms with Gasteiger partial charge in [0.25, 0.3) is 0 Å². The van der Waals surface area contributed by atoms with Crippen LogP contribution in [0.2, 0.25) is 0 Å². The lowest BCUT2D eigenvalue weighted by molar-refractivity contribution is 0.434. The molecule has 0 radical (unpaired) electrons. The summed E-state index contributed by atoms with van der Waals surface area (Å²) in [5.74, 6) is 0.776. The number of benzene rings is 1. The Bertz CT molecular complexity index is 674. The maximum Gasteiger partial charge on any atom is 0.196 e. The van der Waals surface area contributed by atoms with Crippen molar-refractivity contribution in [2.24, 2.45) is 10.7 Å². The van der Waals surface area contributed by atoms with E-state index in [9.17, 15) is 8.42 Å². The minimum absolute atomic E-state index is 0.117. The van der Waals surface area contributed by atoms with Crippen LogP contribution in [0.5, 0.6) is 0 Å². The average Bonchev–Trinajstić information content (AvgIpc) is 2.66. The minimum Gasteiger partial charge on any atom is -0.369 e. The van der Waals surface area contributed by atoms with Crippen LogP contribution in [0.15, 0.2) is 33.7 Å². The molecular weight excluding hydrogens is 342 g/mol. The van der Waals surface area contributed by atoms with E-state index in [1.54, 1.807) is 0 Å². The molecule has 0 saturated carbocycles. The molecule has 5 nitrogen and oxygen atoms in total. The second-order valence-electron chi connectivity index (χ2n) is 5.38. The lowest BCUT2D eigenvalue weighted by atomic mass is 9.94. The molecule has 1 atom stereocenters. The van der Waals surface area contributed by atoms with Crippen LogP contribution in [0.25, 0.3) is 0 Å². The first kappa shape index (κ1) is 13.9. The summed E-state index contributed by atoms with van der Waals surface area (Å²) in [6.45, 7) is 0.444. The van der Waals surface area contributed by atoms with Gasteiger partial charge in [0, 0.05) is 4.47 Å². The van der Waals surface area contributed by atoms with Gasteiger partial charge in [-0.05, 0) is 40.9 Å². The van der Waals surface area contributed by atoms with E-state index >= 15 is 0 Å². The van der Waals surface area contributed by atoms with Crippen molar-refractivity contribution in [1.29, 1.82) is 0 Å². The number of hydrogen-bond donors (Lipinski definition) is 1. The second-order valence-corrected chi connectivity index (χ2v) is 8.42. The molecular formula is C13H16BrN3O2S. The Morgan fingerprint density at radius 1 is 1.35 bits per heavy atom. The van der Waals surface area contributed by atoms with Gasteiger partial charge in [-0.1, -0.05) is 12.1 Å². The Morgan fingerprint density at radius 2 is 2.10 bits per heavy atom. The average molecular weight is 358 g/mol. The maximum atomic E-state index is 12.1. The van der Waals surface area contributed by atoms with Gasteiger partial charge in [0.2, 0.25) is 0 Å². The fourth-order valence-corrected chi connectivity index (χ4v) is 5.47. The molecule has 7 heteroatoms. The number of anilines is 1. The third-order valence-corrected chi connectivity index (χ3v) is 6.48. The molecule has 3 rings (SSSR count). The summed E-state index contributed by atoms with van der Waals surface area (Å²) in [5, 5.41) is 0. The number of aliphatic imine (C=N–C) groups is 1. The summed E-state index contributed by atoms with van der Waals surface area (Å²) in [5.41, 5.74) is 6.39. The number of nitrogens with zero attached hydrogens (tertiary/aromatic N) is 2. The molecule has 0 aromatic heterocycles. The number of halogens is 1. The Morgan fingerprint density at radius 3 is 2.80 bits per heavy atom. The van der Waals surface area contributed by atoms with E-state index < -0.39 is 15.4 Å². The molecule has 1 saturated heterocycles. The van der Waals surface area contributed by atoms with Crippen molar-refractivity contribution in [1.82, 2.24) is 0 Å². The lowest BCUT2D eigenvalue weighted by Gasteiger charge is -2.41. The fourth-order valence-electron chi connectivity index (χ4n) is 3.10. The van der Waals surface area contributed by atoms with Crippen molar-refractivity contribution in [3.05, 3.63) is 28.7 Å². The smallest absolute Gasteiger partial charge is 0.196 e. The third-order valence-electron chi connectivity index (χ3n) is 3.92. The molecule has 2 N–H and O–H groups in total. The van der Waals surface area contributed by atoms with Gasteiger partial charge in [0.15, 0.2) is 15.8 Å². The summed E-state index contributed by atoms with van der Waals surface area (Å²) in [6, 6.07) is 7.69. The van der Waals surface area contributed by atoms with Crippen molar-refractivity contribution >= 4 is 37.4 Å². The number of para-hydroxylation sites is 1. The molecule has 2 heterocycles. The molecule has 0 bridgehead atoms. The molecule has 108 valence electrons. The first-order valence-corrected chi connectivity index (χ1v) is 9.10. The molecule has 1 aromatic rings.